The summed E-state index contributed by atoms with van der Waals surface area (Å²) in [5, 5.41) is 0.664. The van der Waals surface area contributed by atoms with Crippen molar-refractivity contribution in [1.82, 2.24) is 4.98 Å². The van der Waals surface area contributed by atoms with E-state index in [4.69, 9.17) is 16.3 Å². The average molecular weight is 393 g/mol. The van der Waals surface area contributed by atoms with Crippen LogP contribution in [0, 0.1) is 6.92 Å². The topological polar surface area (TPSA) is 42.4 Å². The van der Waals surface area contributed by atoms with Gasteiger partial charge >= 0.3 is 0 Å². The third-order valence-corrected chi connectivity index (χ3v) is 5.25. The summed E-state index contributed by atoms with van der Waals surface area (Å²) in [5.74, 6) is -0.0558. The Morgan fingerprint density at radius 1 is 1.11 bits per heavy atom. The molecular weight excluding hydrogens is 372 g/mol. The van der Waals surface area contributed by atoms with Gasteiger partial charge in [0, 0.05) is 17.6 Å². The fourth-order valence-corrected chi connectivity index (χ4v) is 3.61. The number of hydrogen-bond donors (Lipinski definition) is 0. The van der Waals surface area contributed by atoms with E-state index in [-0.39, 0.29) is 11.9 Å². The first-order chi connectivity index (χ1) is 13.6. The number of rotatable bonds is 4. The first-order valence-corrected chi connectivity index (χ1v) is 9.65. The zero-order valence-electron chi connectivity index (χ0n) is 15.6. The van der Waals surface area contributed by atoms with Crippen LogP contribution in [0.25, 0.3) is 0 Å². The number of aromatic nitrogens is 1. The Kier molecular flexibility index (Phi) is 5.42. The zero-order valence-corrected chi connectivity index (χ0v) is 16.3. The predicted octanol–water partition coefficient (Wildman–Crippen LogP) is 4.76. The molecule has 142 valence electrons. The van der Waals surface area contributed by atoms with Gasteiger partial charge in [-0.25, -0.2) is 0 Å². The van der Waals surface area contributed by atoms with Gasteiger partial charge in [-0.1, -0.05) is 53.6 Å². The Morgan fingerprint density at radius 2 is 1.86 bits per heavy atom. The van der Waals surface area contributed by atoms with E-state index in [9.17, 15) is 4.79 Å². The summed E-state index contributed by atoms with van der Waals surface area (Å²) in [7, 11) is 0. The molecule has 1 aliphatic rings. The number of pyridine rings is 1. The highest BCUT2D eigenvalue weighted by atomic mass is 35.5. The van der Waals surface area contributed by atoms with Crippen LogP contribution in [-0.2, 0) is 16.0 Å². The van der Waals surface area contributed by atoms with Crippen LogP contribution in [0.1, 0.15) is 22.7 Å². The van der Waals surface area contributed by atoms with Crippen molar-refractivity contribution in [3.63, 3.8) is 0 Å². The van der Waals surface area contributed by atoms with Gasteiger partial charge in [0.05, 0.1) is 24.5 Å². The van der Waals surface area contributed by atoms with Crippen molar-refractivity contribution in [2.24, 2.45) is 0 Å². The van der Waals surface area contributed by atoms with E-state index in [1.807, 2.05) is 55.5 Å². The van der Waals surface area contributed by atoms with Crippen LogP contribution in [0.5, 0.6) is 0 Å². The third kappa shape index (κ3) is 3.93. The molecule has 1 unspecified atom stereocenters. The lowest BCUT2D eigenvalue weighted by Gasteiger charge is -2.39. The highest BCUT2D eigenvalue weighted by Gasteiger charge is 2.38. The van der Waals surface area contributed by atoms with Gasteiger partial charge in [0.15, 0.2) is 0 Å². The molecule has 28 heavy (non-hydrogen) atoms. The van der Waals surface area contributed by atoms with Gasteiger partial charge in [-0.05, 0) is 42.3 Å². The van der Waals surface area contributed by atoms with Crippen molar-refractivity contribution in [3.05, 3.63) is 94.8 Å². The van der Waals surface area contributed by atoms with E-state index in [0.717, 1.165) is 16.8 Å². The molecule has 1 amide bonds. The Hall–Kier alpha value is -2.69. The first-order valence-electron chi connectivity index (χ1n) is 9.27. The standard InChI is InChI=1S/C23H21ClN2O2/c1-16-4-6-17(7-5-16)13-22-23(27)26(20-3-2-12-25-14-20)21(15-28-22)18-8-10-19(24)11-9-18/h2-12,14,21-22H,13,15H2,1H3/t21-,22?/m1/s1. The molecule has 0 N–H and O–H groups in total. The second-order valence-electron chi connectivity index (χ2n) is 7.00. The van der Waals surface area contributed by atoms with Crippen LogP contribution in [0.15, 0.2) is 73.1 Å². The Morgan fingerprint density at radius 3 is 2.54 bits per heavy atom. The quantitative estimate of drug-likeness (QED) is 0.642. The molecule has 3 aromatic rings. The number of nitrogens with zero attached hydrogens (tertiary/aromatic N) is 2. The fourth-order valence-electron chi connectivity index (χ4n) is 3.48. The smallest absolute Gasteiger partial charge is 0.257 e. The summed E-state index contributed by atoms with van der Waals surface area (Å²) in [4.78, 5) is 19.4. The average Bonchev–Trinajstić information content (AvgIpc) is 2.72. The van der Waals surface area contributed by atoms with Crippen molar-refractivity contribution < 1.29 is 9.53 Å². The van der Waals surface area contributed by atoms with E-state index in [1.54, 1.807) is 17.3 Å². The summed E-state index contributed by atoms with van der Waals surface area (Å²) < 4.78 is 6.03. The number of aryl methyl sites for hydroxylation is 1. The van der Waals surface area contributed by atoms with Crippen molar-refractivity contribution >= 4 is 23.2 Å². The zero-order chi connectivity index (χ0) is 19.5. The number of amides is 1. The van der Waals surface area contributed by atoms with Gasteiger partial charge < -0.3 is 4.74 Å². The molecule has 0 aliphatic carbocycles. The van der Waals surface area contributed by atoms with Gasteiger partial charge in [-0.15, -0.1) is 0 Å². The molecule has 1 saturated heterocycles. The number of benzene rings is 2. The normalized spacial score (nSPS) is 19.6. The van der Waals surface area contributed by atoms with E-state index in [1.165, 1.54) is 5.56 Å². The number of halogens is 1. The summed E-state index contributed by atoms with van der Waals surface area (Å²) in [6, 6.07) is 19.3. The minimum atomic E-state index is -0.522. The molecule has 0 bridgehead atoms. The minimum absolute atomic E-state index is 0.0558. The molecule has 2 atom stereocenters. The van der Waals surface area contributed by atoms with Gasteiger partial charge in [0.1, 0.15) is 6.10 Å². The maximum absolute atomic E-state index is 13.4. The molecule has 0 spiro atoms. The maximum atomic E-state index is 13.4. The van der Waals surface area contributed by atoms with Crippen LogP contribution in [0.4, 0.5) is 5.69 Å². The molecular formula is C23H21ClN2O2. The minimum Gasteiger partial charge on any atom is -0.366 e. The lowest BCUT2D eigenvalue weighted by molar-refractivity contribution is -0.136. The van der Waals surface area contributed by atoms with Crippen molar-refractivity contribution in [1.29, 1.82) is 0 Å². The van der Waals surface area contributed by atoms with E-state index < -0.39 is 6.10 Å². The highest BCUT2D eigenvalue weighted by molar-refractivity contribution is 6.30. The number of hydrogen-bond acceptors (Lipinski definition) is 3. The molecule has 4 rings (SSSR count). The van der Waals surface area contributed by atoms with Gasteiger partial charge in [-0.3, -0.25) is 14.7 Å². The van der Waals surface area contributed by atoms with E-state index >= 15 is 0 Å². The largest absolute Gasteiger partial charge is 0.366 e. The maximum Gasteiger partial charge on any atom is 0.257 e. The lowest BCUT2D eigenvalue weighted by atomic mass is 9.99. The van der Waals surface area contributed by atoms with Crippen LogP contribution in [-0.4, -0.2) is 23.6 Å². The SMILES string of the molecule is Cc1ccc(CC2OC[C@H](c3ccc(Cl)cc3)N(c3cccnc3)C2=O)cc1. The Bertz CT molecular complexity index is 943. The molecule has 1 aromatic heterocycles. The second kappa shape index (κ2) is 8.13. The van der Waals surface area contributed by atoms with Crippen molar-refractivity contribution in [2.45, 2.75) is 25.5 Å². The molecule has 0 radical (unpaired) electrons. The molecule has 5 heteroatoms. The lowest BCUT2D eigenvalue weighted by Crippen LogP contribution is -2.50. The summed E-state index contributed by atoms with van der Waals surface area (Å²) in [6.45, 7) is 2.46. The van der Waals surface area contributed by atoms with Gasteiger partial charge in [0.2, 0.25) is 0 Å². The molecule has 1 fully saturated rings. The van der Waals surface area contributed by atoms with Gasteiger partial charge in [0.25, 0.3) is 5.91 Å². The monoisotopic (exact) mass is 392 g/mol. The molecule has 0 saturated carbocycles. The summed E-state index contributed by atoms with van der Waals surface area (Å²) in [6.07, 6.45) is 3.44. The van der Waals surface area contributed by atoms with Gasteiger partial charge in [-0.2, -0.15) is 0 Å². The highest BCUT2D eigenvalue weighted by Crippen LogP contribution is 2.33. The predicted molar refractivity (Wildman–Crippen MR) is 111 cm³/mol. The van der Waals surface area contributed by atoms with E-state index in [0.29, 0.717) is 18.1 Å². The molecule has 1 aliphatic heterocycles. The first kappa shape index (κ1) is 18.7. The Labute approximate surface area is 169 Å². The number of carbonyl (C=O) groups is 1. The second-order valence-corrected chi connectivity index (χ2v) is 7.43. The molecule has 2 aromatic carbocycles. The summed E-state index contributed by atoms with van der Waals surface area (Å²) >= 11 is 6.04. The van der Waals surface area contributed by atoms with Crippen LogP contribution in [0.3, 0.4) is 0 Å². The van der Waals surface area contributed by atoms with Crippen LogP contribution in [0.2, 0.25) is 5.02 Å². The van der Waals surface area contributed by atoms with E-state index in [2.05, 4.69) is 17.1 Å². The van der Waals surface area contributed by atoms with Crippen molar-refractivity contribution in [3.8, 4) is 0 Å². The Balaban J connectivity index is 1.64. The molecule has 4 nitrogen and oxygen atoms in total. The molecule has 2 heterocycles. The van der Waals surface area contributed by atoms with Crippen LogP contribution < -0.4 is 4.90 Å². The van der Waals surface area contributed by atoms with Crippen molar-refractivity contribution in [2.75, 3.05) is 11.5 Å². The third-order valence-electron chi connectivity index (χ3n) is 5.00. The van der Waals surface area contributed by atoms with Crippen LogP contribution >= 0.6 is 11.6 Å². The number of carbonyl (C=O) groups excluding carboxylic acids is 1. The number of ether oxygens (including phenoxy) is 1. The number of morpholine rings is 1. The summed E-state index contributed by atoms with van der Waals surface area (Å²) in [5.41, 5.74) is 4.03. The number of anilines is 1. The fraction of sp³-hybridized carbons (Fsp3) is 0.217.